The molecule has 1 aliphatic carbocycles. The van der Waals surface area contributed by atoms with Crippen LogP contribution in [0.2, 0.25) is 0 Å². The van der Waals surface area contributed by atoms with Crippen LogP contribution < -0.4 is 10.2 Å². The minimum Gasteiger partial charge on any atom is -0.356 e. The molecule has 1 aromatic heterocycles. The quantitative estimate of drug-likeness (QED) is 0.865. The average molecular weight is 231 g/mol. The number of hydrogen-bond acceptors (Lipinski definition) is 3. The van der Waals surface area contributed by atoms with Crippen LogP contribution in [0.25, 0.3) is 0 Å². The lowest BCUT2D eigenvalue weighted by atomic mass is 10.0. The second-order valence-electron chi connectivity index (χ2n) is 5.25. The Morgan fingerprint density at radius 2 is 2.00 bits per heavy atom. The Kier molecular flexibility index (Phi) is 2.79. The van der Waals surface area contributed by atoms with Gasteiger partial charge in [0.15, 0.2) is 0 Å². The van der Waals surface area contributed by atoms with Gasteiger partial charge in [0.1, 0.15) is 5.82 Å². The van der Waals surface area contributed by atoms with Crippen LogP contribution in [0.1, 0.15) is 37.7 Å². The summed E-state index contributed by atoms with van der Waals surface area (Å²) in [5.74, 6) is 1.22. The molecule has 0 bridgehead atoms. The number of pyridine rings is 1. The standard InChI is InChI=1S/C14H21N3/c1-15-14(7-8-14)12-6-5-9-16-13(12)17-10-3-2-4-11-17/h5-6,9,15H,2-4,7-8,10-11H2,1H3. The highest BCUT2D eigenvalue weighted by molar-refractivity contribution is 5.52. The number of hydrogen-bond donors (Lipinski definition) is 1. The highest BCUT2D eigenvalue weighted by atomic mass is 15.2. The molecular weight excluding hydrogens is 210 g/mol. The first kappa shape index (κ1) is 11.0. The smallest absolute Gasteiger partial charge is 0.133 e. The third kappa shape index (κ3) is 1.93. The summed E-state index contributed by atoms with van der Waals surface area (Å²) < 4.78 is 0. The van der Waals surface area contributed by atoms with Gasteiger partial charge in [-0.3, -0.25) is 0 Å². The van der Waals surface area contributed by atoms with Gasteiger partial charge in [-0.2, -0.15) is 0 Å². The largest absolute Gasteiger partial charge is 0.356 e. The van der Waals surface area contributed by atoms with Crippen molar-refractivity contribution in [2.24, 2.45) is 0 Å². The SMILES string of the molecule is CNC1(c2cccnc2N2CCCCC2)CC1. The van der Waals surface area contributed by atoms with Gasteiger partial charge in [0.25, 0.3) is 0 Å². The number of rotatable bonds is 3. The Balaban J connectivity index is 1.93. The zero-order valence-corrected chi connectivity index (χ0v) is 10.6. The highest BCUT2D eigenvalue weighted by Crippen LogP contribution is 2.48. The third-order valence-electron chi connectivity index (χ3n) is 4.19. The van der Waals surface area contributed by atoms with Crippen molar-refractivity contribution in [1.29, 1.82) is 0 Å². The average Bonchev–Trinajstić information content (AvgIpc) is 3.21. The molecule has 0 aromatic carbocycles. The van der Waals surface area contributed by atoms with Crippen molar-refractivity contribution in [2.75, 3.05) is 25.0 Å². The predicted molar refractivity (Wildman–Crippen MR) is 70.3 cm³/mol. The molecule has 2 heterocycles. The molecule has 3 heteroatoms. The van der Waals surface area contributed by atoms with Crippen LogP contribution in [0, 0.1) is 0 Å². The summed E-state index contributed by atoms with van der Waals surface area (Å²) >= 11 is 0. The Bertz CT molecular complexity index is 392. The fraction of sp³-hybridized carbons (Fsp3) is 0.643. The zero-order chi connectivity index (χ0) is 11.7. The van der Waals surface area contributed by atoms with Crippen molar-refractivity contribution in [3.8, 4) is 0 Å². The summed E-state index contributed by atoms with van der Waals surface area (Å²) in [5, 5.41) is 3.48. The van der Waals surface area contributed by atoms with Gasteiger partial charge in [0.05, 0.1) is 0 Å². The molecule has 0 amide bonds. The second-order valence-corrected chi connectivity index (χ2v) is 5.25. The lowest BCUT2D eigenvalue weighted by Gasteiger charge is -2.31. The van der Waals surface area contributed by atoms with Gasteiger partial charge in [-0.15, -0.1) is 0 Å². The van der Waals surface area contributed by atoms with E-state index in [-0.39, 0.29) is 5.54 Å². The number of nitrogens with zero attached hydrogens (tertiary/aromatic N) is 2. The Labute approximate surface area is 103 Å². The first-order chi connectivity index (χ1) is 8.36. The Morgan fingerprint density at radius 3 is 2.65 bits per heavy atom. The van der Waals surface area contributed by atoms with E-state index in [1.165, 1.54) is 56.6 Å². The first-order valence-electron chi connectivity index (χ1n) is 6.75. The van der Waals surface area contributed by atoms with E-state index in [0.717, 1.165) is 0 Å². The van der Waals surface area contributed by atoms with Crippen LogP contribution in [0.4, 0.5) is 5.82 Å². The molecule has 92 valence electrons. The molecule has 1 saturated heterocycles. The molecule has 2 aliphatic rings. The van der Waals surface area contributed by atoms with Crippen molar-refractivity contribution < 1.29 is 0 Å². The van der Waals surface area contributed by atoms with Gasteiger partial charge in [-0.25, -0.2) is 4.98 Å². The van der Waals surface area contributed by atoms with Gasteiger partial charge in [-0.1, -0.05) is 6.07 Å². The van der Waals surface area contributed by atoms with Crippen molar-refractivity contribution in [2.45, 2.75) is 37.6 Å². The fourth-order valence-electron chi connectivity index (χ4n) is 2.91. The molecule has 3 nitrogen and oxygen atoms in total. The van der Waals surface area contributed by atoms with E-state index in [1.807, 2.05) is 6.20 Å². The van der Waals surface area contributed by atoms with Crippen LogP contribution in [0.3, 0.4) is 0 Å². The van der Waals surface area contributed by atoms with Crippen LogP contribution in [0.5, 0.6) is 0 Å². The van der Waals surface area contributed by atoms with Gasteiger partial charge in [0.2, 0.25) is 0 Å². The molecule has 0 atom stereocenters. The lowest BCUT2D eigenvalue weighted by Crippen LogP contribution is -2.34. The number of piperidine rings is 1. The molecule has 1 aromatic rings. The third-order valence-corrected chi connectivity index (χ3v) is 4.19. The molecule has 1 N–H and O–H groups in total. The van der Waals surface area contributed by atoms with E-state index in [4.69, 9.17) is 0 Å². The fourth-order valence-corrected chi connectivity index (χ4v) is 2.91. The van der Waals surface area contributed by atoms with E-state index >= 15 is 0 Å². The van der Waals surface area contributed by atoms with E-state index in [0.29, 0.717) is 0 Å². The van der Waals surface area contributed by atoms with Crippen LogP contribution in [-0.4, -0.2) is 25.1 Å². The van der Waals surface area contributed by atoms with Crippen molar-refractivity contribution in [3.63, 3.8) is 0 Å². The monoisotopic (exact) mass is 231 g/mol. The summed E-state index contributed by atoms with van der Waals surface area (Å²) in [6.07, 6.45) is 8.41. The maximum absolute atomic E-state index is 4.64. The number of nitrogens with one attached hydrogen (secondary N) is 1. The Morgan fingerprint density at radius 1 is 1.24 bits per heavy atom. The summed E-state index contributed by atoms with van der Waals surface area (Å²) in [4.78, 5) is 7.11. The molecule has 3 rings (SSSR count). The zero-order valence-electron chi connectivity index (χ0n) is 10.6. The minimum absolute atomic E-state index is 0.223. The second kappa shape index (κ2) is 4.30. The molecule has 0 radical (unpaired) electrons. The highest BCUT2D eigenvalue weighted by Gasteiger charge is 2.45. The maximum Gasteiger partial charge on any atom is 0.133 e. The Hall–Kier alpha value is -1.09. The molecule has 1 aliphatic heterocycles. The predicted octanol–water partition coefficient (Wildman–Crippen LogP) is 2.28. The first-order valence-corrected chi connectivity index (χ1v) is 6.75. The maximum atomic E-state index is 4.64. The van der Waals surface area contributed by atoms with E-state index in [2.05, 4.69) is 34.4 Å². The van der Waals surface area contributed by atoms with E-state index < -0.39 is 0 Å². The molecule has 17 heavy (non-hydrogen) atoms. The number of aromatic nitrogens is 1. The topological polar surface area (TPSA) is 28.2 Å². The van der Waals surface area contributed by atoms with Crippen molar-refractivity contribution >= 4 is 5.82 Å². The van der Waals surface area contributed by atoms with Gasteiger partial charge < -0.3 is 10.2 Å². The molecule has 0 spiro atoms. The van der Waals surface area contributed by atoms with Crippen LogP contribution >= 0.6 is 0 Å². The van der Waals surface area contributed by atoms with E-state index in [1.54, 1.807) is 0 Å². The molecule has 2 fully saturated rings. The number of anilines is 1. The molecule has 1 saturated carbocycles. The summed E-state index contributed by atoms with van der Waals surface area (Å²) in [5.41, 5.74) is 1.63. The van der Waals surface area contributed by atoms with Gasteiger partial charge in [-0.05, 0) is 45.2 Å². The lowest BCUT2D eigenvalue weighted by molar-refractivity contribution is 0.551. The molecule has 0 unspecified atom stereocenters. The van der Waals surface area contributed by atoms with Crippen molar-refractivity contribution in [3.05, 3.63) is 23.9 Å². The molecular formula is C14H21N3. The van der Waals surface area contributed by atoms with E-state index in [9.17, 15) is 0 Å². The van der Waals surface area contributed by atoms with Crippen LogP contribution in [0.15, 0.2) is 18.3 Å². The summed E-state index contributed by atoms with van der Waals surface area (Å²) in [7, 11) is 2.07. The van der Waals surface area contributed by atoms with Crippen LogP contribution in [-0.2, 0) is 5.54 Å². The summed E-state index contributed by atoms with van der Waals surface area (Å²) in [6.45, 7) is 2.34. The summed E-state index contributed by atoms with van der Waals surface area (Å²) in [6, 6.07) is 4.32. The van der Waals surface area contributed by atoms with Gasteiger partial charge in [0, 0.05) is 30.4 Å². The van der Waals surface area contributed by atoms with Gasteiger partial charge >= 0.3 is 0 Å². The normalized spacial score (nSPS) is 22.5. The minimum atomic E-state index is 0.223. The van der Waals surface area contributed by atoms with Crippen molar-refractivity contribution in [1.82, 2.24) is 10.3 Å².